The Morgan fingerprint density at radius 1 is 1.44 bits per heavy atom. The number of carbonyl (C=O) groups is 1. The molecule has 1 aromatic rings. The third-order valence-electron chi connectivity index (χ3n) is 5.42. The van der Waals surface area contributed by atoms with Gasteiger partial charge in [-0.25, -0.2) is 14.8 Å². The van der Waals surface area contributed by atoms with Crippen molar-refractivity contribution < 1.29 is 19.1 Å². The summed E-state index contributed by atoms with van der Waals surface area (Å²) in [5.74, 6) is 0. The van der Waals surface area contributed by atoms with Crippen LogP contribution in [0.25, 0.3) is 0 Å². The molecule has 0 aromatic carbocycles. The zero-order valence-corrected chi connectivity index (χ0v) is 17.9. The van der Waals surface area contributed by atoms with Gasteiger partial charge in [-0.15, -0.1) is 0 Å². The molecule has 0 radical (unpaired) electrons. The third-order valence-corrected chi connectivity index (χ3v) is 9.95. The smallest absolute Gasteiger partial charge is 0.410 e. The normalized spacial score (nSPS) is 21.8. The van der Waals surface area contributed by atoms with E-state index < -0.39 is 26.6 Å². The molecule has 1 fully saturated rings. The first kappa shape index (κ1) is 21.5. The number of hydrogen-bond acceptors (Lipinski definition) is 6. The van der Waals surface area contributed by atoms with E-state index in [2.05, 4.69) is 50.4 Å². The molecule has 1 amide bonds. The Balaban J connectivity index is 2.20. The fourth-order valence-corrected chi connectivity index (χ4v) is 4.27. The Bertz CT molecular complexity index is 648. The Morgan fingerprint density at radius 2 is 2.07 bits per heavy atom. The SMILES string of the molecule is C=CCOC(=O)N1C[C@H](O[Si](C)(C)C(C)(C)C)C[C@H]1C(O)c1cncnc1. The molecule has 2 rings (SSSR count). The Labute approximate surface area is 162 Å². The second-order valence-electron chi connectivity index (χ2n) is 8.44. The molecule has 7 nitrogen and oxygen atoms in total. The minimum absolute atomic E-state index is 0.0607. The molecular weight excluding hydrogens is 362 g/mol. The maximum atomic E-state index is 12.5. The van der Waals surface area contributed by atoms with Crippen molar-refractivity contribution in [2.24, 2.45) is 0 Å². The van der Waals surface area contributed by atoms with Crippen LogP contribution in [-0.4, -0.2) is 59.7 Å². The summed E-state index contributed by atoms with van der Waals surface area (Å²) in [5.41, 5.74) is 0.567. The monoisotopic (exact) mass is 393 g/mol. The summed E-state index contributed by atoms with van der Waals surface area (Å²) in [6.45, 7) is 15.0. The molecule has 1 unspecified atom stereocenters. The summed E-state index contributed by atoms with van der Waals surface area (Å²) in [7, 11) is -2.00. The van der Waals surface area contributed by atoms with Crippen LogP contribution in [0, 0.1) is 0 Å². The molecule has 0 saturated carbocycles. The number of aliphatic hydroxyl groups excluding tert-OH is 1. The summed E-state index contributed by atoms with van der Waals surface area (Å²) in [6.07, 6.45) is 5.06. The van der Waals surface area contributed by atoms with Crippen molar-refractivity contribution in [3.8, 4) is 0 Å². The lowest BCUT2D eigenvalue weighted by Gasteiger charge is -2.38. The van der Waals surface area contributed by atoms with E-state index in [-0.39, 0.29) is 17.7 Å². The first-order valence-corrected chi connectivity index (χ1v) is 12.1. The van der Waals surface area contributed by atoms with Crippen LogP contribution < -0.4 is 0 Å². The van der Waals surface area contributed by atoms with Crippen molar-refractivity contribution in [1.82, 2.24) is 14.9 Å². The molecule has 1 aliphatic heterocycles. The minimum atomic E-state index is -2.00. The molecule has 3 atom stereocenters. The molecule has 8 heteroatoms. The molecule has 2 heterocycles. The van der Waals surface area contributed by atoms with Gasteiger partial charge in [0.15, 0.2) is 8.32 Å². The Morgan fingerprint density at radius 3 is 2.63 bits per heavy atom. The molecule has 150 valence electrons. The number of hydrogen-bond donors (Lipinski definition) is 1. The van der Waals surface area contributed by atoms with Gasteiger partial charge in [-0.05, 0) is 24.6 Å². The first-order chi connectivity index (χ1) is 12.6. The van der Waals surface area contributed by atoms with Gasteiger partial charge >= 0.3 is 6.09 Å². The van der Waals surface area contributed by atoms with Gasteiger partial charge < -0.3 is 14.3 Å². The lowest BCUT2D eigenvalue weighted by atomic mass is 10.0. The maximum Gasteiger partial charge on any atom is 0.410 e. The largest absolute Gasteiger partial charge is 0.445 e. The lowest BCUT2D eigenvalue weighted by molar-refractivity contribution is 0.0547. The van der Waals surface area contributed by atoms with E-state index in [1.807, 2.05) is 0 Å². The van der Waals surface area contributed by atoms with Crippen LogP contribution in [0.3, 0.4) is 0 Å². The average molecular weight is 394 g/mol. The first-order valence-electron chi connectivity index (χ1n) is 9.22. The molecule has 1 aromatic heterocycles. The Kier molecular flexibility index (Phi) is 6.77. The summed E-state index contributed by atoms with van der Waals surface area (Å²) >= 11 is 0. The predicted molar refractivity (Wildman–Crippen MR) is 106 cm³/mol. The molecule has 27 heavy (non-hydrogen) atoms. The standard InChI is InChI=1S/C19H31N3O4Si/c1-7-8-25-18(24)22-12-15(26-27(5,6)19(2,3)4)9-16(22)17(23)14-10-20-13-21-11-14/h7,10-11,13,15-17,23H,1,8-9,12H2,2-6H3/t15-,16+,17?/m1/s1. The predicted octanol–water partition coefficient (Wildman–Crippen LogP) is 3.30. The topological polar surface area (TPSA) is 84.8 Å². The van der Waals surface area contributed by atoms with Gasteiger partial charge in [0.1, 0.15) is 19.0 Å². The van der Waals surface area contributed by atoms with Gasteiger partial charge in [0.05, 0.1) is 12.1 Å². The van der Waals surface area contributed by atoms with E-state index in [0.717, 1.165) is 0 Å². The average Bonchev–Trinajstić information content (AvgIpc) is 3.02. The maximum absolute atomic E-state index is 12.5. The fraction of sp³-hybridized carbons (Fsp3) is 0.632. The highest BCUT2D eigenvalue weighted by atomic mass is 28.4. The van der Waals surface area contributed by atoms with E-state index in [9.17, 15) is 9.90 Å². The highest BCUT2D eigenvalue weighted by Gasteiger charge is 2.46. The van der Waals surface area contributed by atoms with Crippen LogP contribution in [0.2, 0.25) is 18.1 Å². The van der Waals surface area contributed by atoms with Gasteiger partial charge in [-0.2, -0.15) is 0 Å². The van der Waals surface area contributed by atoms with Crippen molar-refractivity contribution >= 4 is 14.4 Å². The molecule has 0 bridgehead atoms. The van der Waals surface area contributed by atoms with Gasteiger partial charge in [0.2, 0.25) is 0 Å². The molecule has 0 aliphatic carbocycles. The van der Waals surface area contributed by atoms with E-state index in [4.69, 9.17) is 9.16 Å². The highest BCUT2D eigenvalue weighted by molar-refractivity contribution is 6.74. The third kappa shape index (κ3) is 5.15. The molecule has 1 saturated heterocycles. The van der Waals surface area contributed by atoms with Crippen LogP contribution in [0.4, 0.5) is 4.79 Å². The van der Waals surface area contributed by atoms with Crippen molar-refractivity contribution in [1.29, 1.82) is 0 Å². The van der Waals surface area contributed by atoms with Crippen LogP contribution in [-0.2, 0) is 9.16 Å². The number of amides is 1. The van der Waals surface area contributed by atoms with Gasteiger partial charge in [0.25, 0.3) is 0 Å². The van der Waals surface area contributed by atoms with E-state index in [1.165, 1.54) is 12.4 Å². The summed E-state index contributed by atoms with van der Waals surface area (Å²) < 4.78 is 11.7. The molecule has 1 aliphatic rings. The van der Waals surface area contributed by atoms with Gasteiger partial charge in [-0.3, -0.25) is 4.90 Å². The number of carbonyl (C=O) groups excluding carboxylic acids is 1. The summed E-state index contributed by atoms with van der Waals surface area (Å²) in [6, 6.07) is -0.455. The second kappa shape index (κ2) is 8.49. The second-order valence-corrected chi connectivity index (χ2v) is 13.2. The zero-order chi connectivity index (χ0) is 20.2. The fourth-order valence-electron chi connectivity index (χ4n) is 2.91. The summed E-state index contributed by atoms with van der Waals surface area (Å²) in [4.78, 5) is 22.0. The van der Waals surface area contributed by atoms with Crippen LogP contribution in [0.15, 0.2) is 31.4 Å². The van der Waals surface area contributed by atoms with Crippen molar-refractivity contribution in [3.05, 3.63) is 36.9 Å². The minimum Gasteiger partial charge on any atom is -0.445 e. The number of nitrogens with zero attached hydrogens (tertiary/aromatic N) is 3. The van der Waals surface area contributed by atoms with E-state index >= 15 is 0 Å². The van der Waals surface area contributed by atoms with E-state index in [0.29, 0.717) is 18.5 Å². The van der Waals surface area contributed by atoms with Gasteiger partial charge in [-0.1, -0.05) is 33.4 Å². The summed E-state index contributed by atoms with van der Waals surface area (Å²) in [5, 5.41) is 10.9. The van der Waals surface area contributed by atoms with Crippen molar-refractivity contribution in [2.75, 3.05) is 13.2 Å². The van der Waals surface area contributed by atoms with E-state index in [1.54, 1.807) is 17.3 Å². The zero-order valence-electron chi connectivity index (χ0n) is 16.9. The molecule has 0 spiro atoms. The van der Waals surface area contributed by atoms with Crippen molar-refractivity contribution in [3.63, 3.8) is 0 Å². The lowest BCUT2D eigenvalue weighted by Crippen LogP contribution is -2.45. The Hall–Kier alpha value is -1.77. The van der Waals surface area contributed by atoms with Crippen molar-refractivity contribution in [2.45, 2.75) is 63.6 Å². The number of aromatic nitrogens is 2. The number of aliphatic hydroxyl groups is 1. The molecular formula is C19H31N3O4Si. The number of likely N-dealkylation sites (tertiary alicyclic amines) is 1. The van der Waals surface area contributed by atoms with Crippen LogP contribution in [0.5, 0.6) is 0 Å². The molecule has 1 N–H and O–H groups in total. The van der Waals surface area contributed by atoms with Crippen LogP contribution >= 0.6 is 0 Å². The highest BCUT2D eigenvalue weighted by Crippen LogP contribution is 2.40. The number of rotatable bonds is 6. The van der Waals surface area contributed by atoms with Crippen LogP contribution in [0.1, 0.15) is 38.9 Å². The quantitative estimate of drug-likeness (QED) is 0.590. The number of ether oxygens (including phenoxy) is 1. The van der Waals surface area contributed by atoms with Gasteiger partial charge in [0, 0.05) is 24.5 Å².